The fraction of sp³-hybridized carbons (Fsp3) is 0.462. The van der Waals surface area contributed by atoms with E-state index in [4.69, 9.17) is 10.5 Å². The van der Waals surface area contributed by atoms with Crippen LogP contribution in [-0.4, -0.2) is 41.9 Å². The SMILES string of the molecule is NCC1CN(NC(=O)OCc2ccccc2)CC1O. The van der Waals surface area contributed by atoms with Crippen LogP contribution in [0.4, 0.5) is 4.79 Å². The number of hydrazine groups is 1. The summed E-state index contributed by atoms with van der Waals surface area (Å²) in [5, 5.41) is 11.3. The maximum absolute atomic E-state index is 11.6. The van der Waals surface area contributed by atoms with Gasteiger partial charge in [0, 0.05) is 19.0 Å². The molecule has 1 heterocycles. The lowest BCUT2D eigenvalue weighted by Crippen LogP contribution is -2.41. The van der Waals surface area contributed by atoms with Gasteiger partial charge in [0.15, 0.2) is 0 Å². The summed E-state index contributed by atoms with van der Waals surface area (Å²) in [6, 6.07) is 9.45. The van der Waals surface area contributed by atoms with E-state index in [0.29, 0.717) is 19.6 Å². The number of aliphatic hydroxyl groups excluding tert-OH is 1. The quantitative estimate of drug-likeness (QED) is 0.717. The van der Waals surface area contributed by atoms with E-state index in [1.54, 1.807) is 5.01 Å². The van der Waals surface area contributed by atoms with Crippen LogP contribution in [0, 0.1) is 5.92 Å². The first-order valence-electron chi connectivity index (χ1n) is 6.29. The number of nitrogens with two attached hydrogens (primary N) is 1. The predicted octanol–water partition coefficient (Wildman–Crippen LogP) is 0.0792. The monoisotopic (exact) mass is 265 g/mol. The summed E-state index contributed by atoms with van der Waals surface area (Å²) < 4.78 is 5.09. The van der Waals surface area contributed by atoms with Gasteiger partial charge in [-0.2, -0.15) is 0 Å². The number of amides is 1. The van der Waals surface area contributed by atoms with E-state index < -0.39 is 12.2 Å². The number of carbonyl (C=O) groups is 1. The number of hydrogen-bond acceptors (Lipinski definition) is 5. The molecule has 0 aromatic heterocycles. The number of carbonyl (C=O) groups excluding carboxylic acids is 1. The Hall–Kier alpha value is -1.63. The summed E-state index contributed by atoms with van der Waals surface area (Å²) in [6.45, 7) is 1.54. The largest absolute Gasteiger partial charge is 0.444 e. The average molecular weight is 265 g/mol. The van der Waals surface area contributed by atoms with Crippen molar-refractivity contribution >= 4 is 6.09 Å². The predicted molar refractivity (Wildman–Crippen MR) is 69.9 cm³/mol. The van der Waals surface area contributed by atoms with Crippen LogP contribution in [0.25, 0.3) is 0 Å². The van der Waals surface area contributed by atoms with Crippen LogP contribution >= 0.6 is 0 Å². The summed E-state index contributed by atoms with van der Waals surface area (Å²) in [7, 11) is 0. The molecule has 1 saturated heterocycles. The molecule has 104 valence electrons. The lowest BCUT2D eigenvalue weighted by atomic mass is 10.1. The Morgan fingerprint density at radius 3 is 2.79 bits per heavy atom. The smallest absolute Gasteiger partial charge is 0.422 e. The third-order valence-corrected chi connectivity index (χ3v) is 3.17. The molecular weight excluding hydrogens is 246 g/mol. The number of nitrogens with zero attached hydrogens (tertiary/aromatic N) is 1. The highest BCUT2D eigenvalue weighted by molar-refractivity contribution is 5.66. The first kappa shape index (κ1) is 13.8. The van der Waals surface area contributed by atoms with E-state index in [0.717, 1.165) is 5.56 Å². The van der Waals surface area contributed by atoms with Crippen molar-refractivity contribution in [2.45, 2.75) is 12.7 Å². The Balaban J connectivity index is 1.73. The highest BCUT2D eigenvalue weighted by Crippen LogP contribution is 2.13. The number of ether oxygens (including phenoxy) is 1. The fourth-order valence-electron chi connectivity index (χ4n) is 2.06. The summed E-state index contributed by atoms with van der Waals surface area (Å²) in [5.74, 6) is -0.00516. The first-order valence-corrected chi connectivity index (χ1v) is 6.29. The van der Waals surface area contributed by atoms with Gasteiger partial charge in [0.25, 0.3) is 0 Å². The molecule has 1 amide bonds. The zero-order chi connectivity index (χ0) is 13.7. The molecule has 1 fully saturated rings. The zero-order valence-corrected chi connectivity index (χ0v) is 10.7. The van der Waals surface area contributed by atoms with Gasteiger partial charge in [-0.3, -0.25) is 5.43 Å². The van der Waals surface area contributed by atoms with Crippen LogP contribution in [-0.2, 0) is 11.3 Å². The topological polar surface area (TPSA) is 87.8 Å². The molecule has 1 aliphatic heterocycles. The van der Waals surface area contributed by atoms with Crippen LogP contribution in [0.2, 0.25) is 0 Å². The maximum Gasteiger partial charge on any atom is 0.422 e. The van der Waals surface area contributed by atoms with Crippen molar-refractivity contribution in [1.82, 2.24) is 10.4 Å². The molecule has 2 atom stereocenters. The third-order valence-electron chi connectivity index (χ3n) is 3.17. The first-order chi connectivity index (χ1) is 9.19. The molecule has 0 spiro atoms. The van der Waals surface area contributed by atoms with Gasteiger partial charge in [0.05, 0.1) is 6.10 Å². The molecule has 1 aliphatic rings. The molecule has 1 aromatic carbocycles. The lowest BCUT2D eigenvalue weighted by Gasteiger charge is -2.16. The molecular formula is C13H19N3O3. The summed E-state index contributed by atoms with van der Waals surface area (Å²) >= 11 is 0. The van der Waals surface area contributed by atoms with E-state index in [1.165, 1.54) is 0 Å². The van der Waals surface area contributed by atoms with Crippen molar-refractivity contribution in [2.75, 3.05) is 19.6 Å². The van der Waals surface area contributed by atoms with Crippen molar-refractivity contribution in [3.8, 4) is 0 Å². The molecule has 4 N–H and O–H groups in total. The van der Waals surface area contributed by atoms with Crippen molar-refractivity contribution in [3.05, 3.63) is 35.9 Å². The number of hydrogen-bond donors (Lipinski definition) is 3. The normalized spacial score (nSPS) is 23.3. The van der Waals surface area contributed by atoms with E-state index in [-0.39, 0.29) is 12.5 Å². The molecule has 0 saturated carbocycles. The van der Waals surface area contributed by atoms with E-state index in [9.17, 15) is 9.90 Å². The van der Waals surface area contributed by atoms with Crippen molar-refractivity contribution in [1.29, 1.82) is 0 Å². The fourth-order valence-corrected chi connectivity index (χ4v) is 2.06. The van der Waals surface area contributed by atoms with Crippen molar-refractivity contribution < 1.29 is 14.6 Å². The average Bonchev–Trinajstić information content (AvgIpc) is 2.77. The standard InChI is InChI=1S/C13H19N3O3/c14-6-11-7-16(8-12(11)17)15-13(18)19-9-10-4-2-1-3-5-10/h1-5,11-12,17H,6-9,14H2,(H,15,18). The molecule has 0 aliphatic carbocycles. The Morgan fingerprint density at radius 2 is 2.16 bits per heavy atom. The Kier molecular flexibility index (Phi) is 4.73. The van der Waals surface area contributed by atoms with Crippen LogP contribution in [0.15, 0.2) is 30.3 Å². The van der Waals surface area contributed by atoms with Crippen molar-refractivity contribution in [3.63, 3.8) is 0 Å². The molecule has 2 unspecified atom stereocenters. The van der Waals surface area contributed by atoms with Crippen LogP contribution < -0.4 is 11.2 Å². The number of rotatable bonds is 4. The van der Waals surface area contributed by atoms with Gasteiger partial charge in [-0.15, -0.1) is 0 Å². The van der Waals surface area contributed by atoms with E-state index >= 15 is 0 Å². The minimum Gasteiger partial charge on any atom is -0.444 e. The van der Waals surface area contributed by atoms with Crippen molar-refractivity contribution in [2.24, 2.45) is 11.7 Å². The Morgan fingerprint density at radius 1 is 1.42 bits per heavy atom. The van der Waals surface area contributed by atoms with Gasteiger partial charge in [0.1, 0.15) is 6.61 Å². The van der Waals surface area contributed by atoms with Gasteiger partial charge in [0.2, 0.25) is 0 Å². The number of nitrogens with one attached hydrogen (secondary N) is 1. The van der Waals surface area contributed by atoms with E-state index in [1.807, 2.05) is 30.3 Å². The minimum atomic E-state index is -0.520. The molecule has 1 aromatic rings. The molecule has 6 nitrogen and oxygen atoms in total. The molecule has 0 bridgehead atoms. The second-order valence-corrected chi connectivity index (χ2v) is 4.64. The highest BCUT2D eigenvalue weighted by Gasteiger charge is 2.31. The molecule has 0 radical (unpaired) electrons. The maximum atomic E-state index is 11.6. The second kappa shape index (κ2) is 6.51. The van der Waals surface area contributed by atoms with Gasteiger partial charge in [-0.05, 0) is 12.1 Å². The number of β-amino-alcohol motifs (C(OH)–C–C–N with tert-alkyl or cyclic N) is 1. The number of benzene rings is 1. The van der Waals surface area contributed by atoms with Gasteiger partial charge in [-0.25, -0.2) is 9.80 Å². The van der Waals surface area contributed by atoms with Gasteiger partial charge < -0.3 is 15.6 Å². The Bertz CT molecular complexity index is 413. The highest BCUT2D eigenvalue weighted by atomic mass is 16.6. The van der Waals surface area contributed by atoms with Gasteiger partial charge in [-0.1, -0.05) is 30.3 Å². The summed E-state index contributed by atoms with van der Waals surface area (Å²) in [5.41, 5.74) is 9.05. The summed E-state index contributed by atoms with van der Waals surface area (Å²) in [4.78, 5) is 11.6. The lowest BCUT2D eigenvalue weighted by molar-refractivity contribution is 0.100. The van der Waals surface area contributed by atoms with Crippen LogP contribution in [0.5, 0.6) is 0 Å². The van der Waals surface area contributed by atoms with Crippen LogP contribution in [0.3, 0.4) is 0 Å². The molecule has 2 rings (SSSR count). The van der Waals surface area contributed by atoms with Gasteiger partial charge >= 0.3 is 6.09 Å². The second-order valence-electron chi connectivity index (χ2n) is 4.64. The van der Waals surface area contributed by atoms with E-state index in [2.05, 4.69) is 5.43 Å². The third kappa shape index (κ3) is 3.92. The molecule has 6 heteroatoms. The number of aliphatic hydroxyl groups is 1. The minimum absolute atomic E-state index is 0.00516. The molecule has 19 heavy (non-hydrogen) atoms. The van der Waals surface area contributed by atoms with Crippen LogP contribution in [0.1, 0.15) is 5.56 Å². The Labute approximate surface area is 112 Å². The zero-order valence-electron chi connectivity index (χ0n) is 10.7. The summed E-state index contributed by atoms with van der Waals surface area (Å²) in [6.07, 6.45) is -1.02.